The molecule has 4 rings (SSSR count). The van der Waals surface area contributed by atoms with Crippen LogP contribution in [0.2, 0.25) is 0 Å². The lowest BCUT2D eigenvalue weighted by molar-refractivity contribution is -0.137. The van der Waals surface area contributed by atoms with Gasteiger partial charge in [-0.05, 0) is 29.8 Å². The van der Waals surface area contributed by atoms with E-state index in [1.165, 1.54) is 11.3 Å². The molecule has 0 fully saturated rings. The molecule has 28 heavy (non-hydrogen) atoms. The number of carbonyl (C=O) groups is 1. The number of rotatable bonds is 3. The number of nitrogens with one attached hydrogen (secondary N) is 1. The third kappa shape index (κ3) is 3.40. The number of fused-ring (bicyclic) bond motifs is 1. The van der Waals surface area contributed by atoms with E-state index in [2.05, 4.69) is 15.3 Å². The highest BCUT2D eigenvalue weighted by Crippen LogP contribution is 2.35. The molecule has 1 aliphatic heterocycles. The fourth-order valence-corrected chi connectivity index (χ4v) is 3.46. The Hall–Kier alpha value is -3.07. The zero-order chi connectivity index (χ0) is 19.9. The van der Waals surface area contributed by atoms with Crippen molar-refractivity contribution in [2.24, 2.45) is 4.99 Å². The SMILES string of the molecule is O=C(Nc1nccs1)c1cccc2c1N=C(c1cc(C(F)(F)F)ccc1F)C2. The molecule has 1 aliphatic rings. The number of thiazole rings is 1. The van der Waals surface area contributed by atoms with Gasteiger partial charge in [-0.2, -0.15) is 13.2 Å². The Morgan fingerprint density at radius 1 is 1.18 bits per heavy atom. The summed E-state index contributed by atoms with van der Waals surface area (Å²) in [4.78, 5) is 20.8. The Kier molecular flexibility index (Phi) is 4.46. The summed E-state index contributed by atoms with van der Waals surface area (Å²) in [5.41, 5.74) is 0.173. The number of hydrogen-bond donors (Lipinski definition) is 1. The molecule has 142 valence electrons. The number of nitrogens with zero attached hydrogens (tertiary/aromatic N) is 2. The van der Waals surface area contributed by atoms with Gasteiger partial charge in [-0.15, -0.1) is 11.3 Å². The van der Waals surface area contributed by atoms with Gasteiger partial charge in [0, 0.05) is 23.6 Å². The molecule has 0 spiro atoms. The van der Waals surface area contributed by atoms with Crippen LogP contribution in [0.25, 0.3) is 0 Å². The number of hydrogen-bond acceptors (Lipinski definition) is 4. The standard InChI is InChI=1S/C19H11F4N3OS/c20-14-5-4-11(19(21,22)23)9-13(14)15-8-10-2-1-3-12(16(10)25-15)17(27)26-18-24-6-7-28-18/h1-7,9H,8H2,(H,24,26,27). The van der Waals surface area contributed by atoms with Crippen molar-refractivity contribution in [2.75, 3.05) is 5.32 Å². The molecule has 2 aromatic carbocycles. The van der Waals surface area contributed by atoms with Gasteiger partial charge < -0.3 is 0 Å². The molecule has 0 saturated carbocycles. The van der Waals surface area contributed by atoms with E-state index in [9.17, 15) is 22.4 Å². The van der Waals surface area contributed by atoms with Crippen LogP contribution in [0, 0.1) is 5.82 Å². The van der Waals surface area contributed by atoms with Crippen LogP contribution in [0.5, 0.6) is 0 Å². The van der Waals surface area contributed by atoms with Crippen LogP contribution in [0.3, 0.4) is 0 Å². The highest BCUT2D eigenvalue weighted by atomic mass is 32.1. The fraction of sp³-hybridized carbons (Fsp3) is 0.105. The molecule has 0 saturated heterocycles. The number of carbonyl (C=O) groups excluding carboxylic acids is 1. The van der Waals surface area contributed by atoms with Gasteiger partial charge in [-0.3, -0.25) is 15.1 Å². The van der Waals surface area contributed by atoms with Crippen molar-refractivity contribution >= 4 is 33.8 Å². The van der Waals surface area contributed by atoms with Crippen molar-refractivity contribution < 1.29 is 22.4 Å². The Balaban J connectivity index is 1.71. The van der Waals surface area contributed by atoms with Crippen LogP contribution in [0.15, 0.2) is 53.0 Å². The van der Waals surface area contributed by atoms with Crippen LogP contribution >= 0.6 is 11.3 Å². The molecule has 3 aromatic rings. The predicted molar refractivity (Wildman–Crippen MR) is 97.8 cm³/mol. The van der Waals surface area contributed by atoms with Crippen LogP contribution in [0.4, 0.5) is 28.4 Å². The summed E-state index contributed by atoms with van der Waals surface area (Å²) in [5, 5.41) is 4.76. The Morgan fingerprint density at radius 3 is 2.71 bits per heavy atom. The Morgan fingerprint density at radius 2 is 2.00 bits per heavy atom. The maximum absolute atomic E-state index is 14.2. The van der Waals surface area contributed by atoms with E-state index in [-0.39, 0.29) is 23.3 Å². The minimum absolute atomic E-state index is 0.131. The van der Waals surface area contributed by atoms with E-state index in [1.54, 1.807) is 29.8 Å². The van der Waals surface area contributed by atoms with Gasteiger partial charge in [0.25, 0.3) is 5.91 Å². The molecular formula is C19H11F4N3OS. The zero-order valence-corrected chi connectivity index (χ0v) is 14.9. The number of anilines is 1. The number of amides is 1. The van der Waals surface area contributed by atoms with Gasteiger partial charge in [0.15, 0.2) is 5.13 Å². The van der Waals surface area contributed by atoms with Crippen LogP contribution in [0.1, 0.15) is 27.0 Å². The summed E-state index contributed by atoms with van der Waals surface area (Å²) in [6.07, 6.45) is -2.92. The first kappa shape index (κ1) is 18.3. The maximum atomic E-state index is 14.2. The molecule has 4 nitrogen and oxygen atoms in total. The first-order valence-electron chi connectivity index (χ1n) is 8.10. The second-order valence-corrected chi connectivity index (χ2v) is 6.93. The Labute approximate surface area is 160 Å². The smallest absolute Gasteiger partial charge is 0.298 e. The molecule has 9 heteroatoms. The number of aromatic nitrogens is 1. The molecule has 0 aliphatic carbocycles. The summed E-state index contributed by atoms with van der Waals surface area (Å²) in [6.45, 7) is 0. The first-order valence-corrected chi connectivity index (χ1v) is 8.98. The van der Waals surface area contributed by atoms with Gasteiger partial charge in [0.05, 0.1) is 22.5 Å². The molecule has 0 atom stereocenters. The topological polar surface area (TPSA) is 54.4 Å². The zero-order valence-electron chi connectivity index (χ0n) is 14.0. The maximum Gasteiger partial charge on any atom is 0.416 e. The molecular weight excluding hydrogens is 394 g/mol. The summed E-state index contributed by atoms with van der Waals surface area (Å²) in [7, 11) is 0. The van der Waals surface area contributed by atoms with Gasteiger partial charge in [0.1, 0.15) is 5.82 Å². The fourth-order valence-electron chi connectivity index (χ4n) is 2.93. The number of para-hydroxylation sites is 1. The highest BCUT2D eigenvalue weighted by molar-refractivity contribution is 7.13. The summed E-state index contributed by atoms with van der Waals surface area (Å²) >= 11 is 1.25. The van der Waals surface area contributed by atoms with Crippen molar-refractivity contribution in [1.82, 2.24) is 4.98 Å². The molecule has 2 heterocycles. The van der Waals surface area contributed by atoms with E-state index < -0.39 is 23.5 Å². The average molecular weight is 405 g/mol. The van der Waals surface area contributed by atoms with E-state index in [0.717, 1.165) is 12.1 Å². The van der Waals surface area contributed by atoms with E-state index in [1.807, 2.05) is 0 Å². The Bertz CT molecular complexity index is 1090. The van der Waals surface area contributed by atoms with Crippen LogP contribution in [-0.2, 0) is 12.6 Å². The van der Waals surface area contributed by atoms with Crippen LogP contribution < -0.4 is 5.32 Å². The quantitative estimate of drug-likeness (QED) is 0.607. The lowest BCUT2D eigenvalue weighted by atomic mass is 10.0. The number of halogens is 4. The number of aliphatic imine (C=N–C) groups is 1. The van der Waals surface area contributed by atoms with E-state index in [4.69, 9.17) is 0 Å². The molecule has 1 aromatic heterocycles. The van der Waals surface area contributed by atoms with Crippen molar-refractivity contribution in [2.45, 2.75) is 12.6 Å². The first-order chi connectivity index (χ1) is 13.3. The monoisotopic (exact) mass is 405 g/mol. The van der Waals surface area contributed by atoms with E-state index in [0.29, 0.717) is 22.4 Å². The van der Waals surface area contributed by atoms with Crippen molar-refractivity contribution in [1.29, 1.82) is 0 Å². The largest absolute Gasteiger partial charge is 0.416 e. The van der Waals surface area contributed by atoms with Gasteiger partial charge in [-0.1, -0.05) is 12.1 Å². The highest BCUT2D eigenvalue weighted by Gasteiger charge is 2.32. The third-order valence-electron chi connectivity index (χ3n) is 4.23. The third-order valence-corrected chi connectivity index (χ3v) is 4.91. The second kappa shape index (κ2) is 6.83. The number of benzene rings is 2. The normalized spacial score (nSPS) is 13.2. The molecule has 1 amide bonds. The lowest BCUT2D eigenvalue weighted by Gasteiger charge is -2.09. The van der Waals surface area contributed by atoms with Crippen LogP contribution in [-0.4, -0.2) is 16.6 Å². The summed E-state index contributed by atoms with van der Waals surface area (Å²) in [6, 6.07) is 7.12. The predicted octanol–water partition coefficient (Wildman–Crippen LogP) is 5.23. The minimum atomic E-state index is -4.59. The van der Waals surface area contributed by atoms with Crippen molar-refractivity contribution in [3.63, 3.8) is 0 Å². The van der Waals surface area contributed by atoms with Crippen molar-refractivity contribution in [3.8, 4) is 0 Å². The minimum Gasteiger partial charge on any atom is -0.298 e. The van der Waals surface area contributed by atoms with Crippen molar-refractivity contribution in [3.05, 3.63) is 76.0 Å². The number of alkyl halides is 3. The van der Waals surface area contributed by atoms with Gasteiger partial charge >= 0.3 is 6.18 Å². The molecule has 1 N–H and O–H groups in total. The molecule has 0 radical (unpaired) electrons. The van der Waals surface area contributed by atoms with Gasteiger partial charge in [0.2, 0.25) is 0 Å². The second-order valence-electron chi connectivity index (χ2n) is 6.03. The molecule has 0 unspecified atom stereocenters. The van der Waals surface area contributed by atoms with Gasteiger partial charge in [-0.25, -0.2) is 9.37 Å². The lowest BCUT2D eigenvalue weighted by Crippen LogP contribution is -2.11. The van der Waals surface area contributed by atoms with E-state index >= 15 is 0 Å². The molecule has 0 bridgehead atoms. The summed E-state index contributed by atoms with van der Waals surface area (Å²) < 4.78 is 53.1. The average Bonchev–Trinajstić information content (AvgIpc) is 3.29. The summed E-state index contributed by atoms with van der Waals surface area (Å²) in [5.74, 6) is -1.24.